The van der Waals surface area contributed by atoms with Gasteiger partial charge in [-0.05, 0) is 43.7 Å². The van der Waals surface area contributed by atoms with Crippen molar-refractivity contribution in [1.29, 1.82) is 0 Å². The van der Waals surface area contributed by atoms with Gasteiger partial charge in [-0.3, -0.25) is 4.98 Å². The number of benzene rings is 1. The fourth-order valence-corrected chi connectivity index (χ4v) is 3.32. The summed E-state index contributed by atoms with van der Waals surface area (Å²) >= 11 is 1.61. The van der Waals surface area contributed by atoms with Crippen LogP contribution < -0.4 is 0 Å². The number of pyridine rings is 1. The Morgan fingerprint density at radius 1 is 1.13 bits per heavy atom. The molecule has 116 valence electrons. The van der Waals surface area contributed by atoms with Gasteiger partial charge in [-0.1, -0.05) is 6.07 Å². The summed E-state index contributed by atoms with van der Waals surface area (Å²) in [4.78, 5) is 20.8. The normalized spacial score (nSPS) is 10.7. The summed E-state index contributed by atoms with van der Waals surface area (Å²) in [5.74, 6) is -1.43. The van der Waals surface area contributed by atoms with Gasteiger partial charge in [0.2, 0.25) is 0 Å². The molecule has 0 unspecified atom stereocenters. The Morgan fingerprint density at radius 3 is 2.52 bits per heavy atom. The minimum absolute atomic E-state index is 0.126. The molecule has 2 aromatic heterocycles. The summed E-state index contributed by atoms with van der Waals surface area (Å²) in [6.07, 6.45) is 1.70. The lowest BCUT2D eigenvalue weighted by atomic mass is 10.1. The summed E-state index contributed by atoms with van der Waals surface area (Å²) in [5, 5.41) is 19.8. The number of aryl methyl sites for hydroxylation is 2. The number of hydrogen-bond donors (Lipinski definition) is 2. The molecule has 2 heterocycles. The van der Waals surface area contributed by atoms with E-state index in [1.807, 2.05) is 26.0 Å². The van der Waals surface area contributed by atoms with E-state index >= 15 is 0 Å². The molecule has 3 aromatic rings. The molecule has 0 aliphatic rings. The van der Waals surface area contributed by atoms with Crippen molar-refractivity contribution in [3.8, 4) is 27.4 Å². The van der Waals surface area contributed by atoms with Gasteiger partial charge < -0.3 is 10.2 Å². The second kappa shape index (κ2) is 5.81. The summed E-state index contributed by atoms with van der Waals surface area (Å²) in [7, 11) is 0. The van der Waals surface area contributed by atoms with Crippen LogP contribution in [-0.4, -0.2) is 26.2 Å². The lowest BCUT2D eigenvalue weighted by Gasteiger charge is -2.06. The monoisotopic (exact) mass is 326 g/mol. The maximum Gasteiger partial charge on any atom is 0.339 e. The Bertz CT molecular complexity index is 903. The smallest absolute Gasteiger partial charge is 0.339 e. The zero-order valence-electron chi connectivity index (χ0n) is 12.6. The van der Waals surface area contributed by atoms with Crippen molar-refractivity contribution in [3.63, 3.8) is 0 Å². The number of hydrogen-bond acceptors (Lipinski definition) is 5. The van der Waals surface area contributed by atoms with Crippen LogP contribution in [0.2, 0.25) is 0 Å². The standard InChI is InChI=1S/C17H14N2O3S/c1-9-16(23-10(2)19-9)12-5-6-18-14(7-12)11-3-4-13(17(21)22)15(20)8-11/h3-8,20H,1-2H3,(H,21,22). The third-order valence-electron chi connectivity index (χ3n) is 3.45. The topological polar surface area (TPSA) is 83.3 Å². The van der Waals surface area contributed by atoms with Crippen molar-refractivity contribution in [3.05, 3.63) is 52.8 Å². The first-order valence-electron chi connectivity index (χ1n) is 6.93. The summed E-state index contributed by atoms with van der Waals surface area (Å²) in [5.41, 5.74) is 3.17. The molecule has 0 amide bonds. The maximum atomic E-state index is 11.0. The zero-order valence-corrected chi connectivity index (χ0v) is 13.4. The molecule has 0 spiro atoms. The van der Waals surface area contributed by atoms with E-state index in [1.165, 1.54) is 12.1 Å². The van der Waals surface area contributed by atoms with Crippen LogP contribution in [0.4, 0.5) is 0 Å². The third-order valence-corrected chi connectivity index (χ3v) is 4.57. The van der Waals surface area contributed by atoms with Crippen LogP contribution >= 0.6 is 11.3 Å². The predicted molar refractivity (Wildman–Crippen MR) is 88.9 cm³/mol. The summed E-state index contributed by atoms with van der Waals surface area (Å²) in [6, 6.07) is 8.26. The van der Waals surface area contributed by atoms with E-state index in [1.54, 1.807) is 23.6 Å². The molecule has 6 heteroatoms. The van der Waals surface area contributed by atoms with Crippen LogP contribution in [0, 0.1) is 13.8 Å². The minimum atomic E-state index is -1.16. The van der Waals surface area contributed by atoms with E-state index in [-0.39, 0.29) is 11.3 Å². The van der Waals surface area contributed by atoms with E-state index < -0.39 is 5.97 Å². The number of nitrogens with zero attached hydrogens (tertiary/aromatic N) is 2. The van der Waals surface area contributed by atoms with Gasteiger partial charge >= 0.3 is 5.97 Å². The van der Waals surface area contributed by atoms with Gasteiger partial charge in [0, 0.05) is 11.8 Å². The number of aromatic hydroxyl groups is 1. The van der Waals surface area contributed by atoms with Crippen molar-refractivity contribution in [2.75, 3.05) is 0 Å². The van der Waals surface area contributed by atoms with E-state index in [0.29, 0.717) is 11.3 Å². The quantitative estimate of drug-likeness (QED) is 0.763. The van der Waals surface area contributed by atoms with Gasteiger partial charge in [0.1, 0.15) is 11.3 Å². The molecule has 0 aliphatic carbocycles. The van der Waals surface area contributed by atoms with Gasteiger partial charge in [-0.15, -0.1) is 11.3 Å². The number of aromatic carboxylic acids is 1. The number of aromatic nitrogens is 2. The molecule has 1 aromatic carbocycles. The van der Waals surface area contributed by atoms with Gasteiger partial charge in [-0.2, -0.15) is 0 Å². The first kappa shape index (κ1) is 15.2. The molecule has 23 heavy (non-hydrogen) atoms. The SMILES string of the molecule is Cc1nc(C)c(-c2ccnc(-c3ccc(C(=O)O)c(O)c3)c2)s1. The molecule has 3 rings (SSSR count). The van der Waals surface area contributed by atoms with Crippen LogP contribution in [0.15, 0.2) is 36.5 Å². The number of rotatable bonds is 3. The van der Waals surface area contributed by atoms with Crippen LogP contribution in [-0.2, 0) is 0 Å². The van der Waals surface area contributed by atoms with Gasteiger partial charge in [0.25, 0.3) is 0 Å². The fraction of sp³-hybridized carbons (Fsp3) is 0.118. The van der Waals surface area contributed by atoms with Crippen LogP contribution in [0.1, 0.15) is 21.1 Å². The average Bonchev–Trinajstić information content (AvgIpc) is 2.85. The molecule has 0 fully saturated rings. The highest BCUT2D eigenvalue weighted by Crippen LogP contribution is 2.32. The molecule has 0 radical (unpaired) electrons. The Kier molecular flexibility index (Phi) is 3.83. The van der Waals surface area contributed by atoms with E-state index in [0.717, 1.165) is 21.1 Å². The molecular formula is C17H14N2O3S. The highest BCUT2D eigenvalue weighted by Gasteiger charge is 2.13. The molecule has 0 saturated heterocycles. The highest BCUT2D eigenvalue weighted by atomic mass is 32.1. The van der Waals surface area contributed by atoms with E-state index in [4.69, 9.17) is 5.11 Å². The van der Waals surface area contributed by atoms with E-state index in [2.05, 4.69) is 9.97 Å². The summed E-state index contributed by atoms with van der Waals surface area (Å²) in [6.45, 7) is 3.93. The summed E-state index contributed by atoms with van der Waals surface area (Å²) < 4.78 is 0. The number of carboxylic acid groups (broad SMARTS) is 1. The molecule has 0 saturated carbocycles. The average molecular weight is 326 g/mol. The Balaban J connectivity index is 2.05. The number of phenols is 1. The van der Waals surface area contributed by atoms with Gasteiger partial charge in [0.05, 0.1) is 21.3 Å². The van der Waals surface area contributed by atoms with E-state index in [9.17, 15) is 9.90 Å². The van der Waals surface area contributed by atoms with Crippen LogP contribution in [0.5, 0.6) is 5.75 Å². The largest absolute Gasteiger partial charge is 0.507 e. The molecule has 0 atom stereocenters. The van der Waals surface area contributed by atoms with Crippen LogP contribution in [0.3, 0.4) is 0 Å². The van der Waals surface area contributed by atoms with Crippen molar-refractivity contribution >= 4 is 17.3 Å². The molecule has 5 nitrogen and oxygen atoms in total. The first-order valence-corrected chi connectivity index (χ1v) is 7.74. The molecular weight excluding hydrogens is 312 g/mol. The Hall–Kier alpha value is -2.73. The lowest BCUT2D eigenvalue weighted by molar-refractivity contribution is 0.0694. The zero-order chi connectivity index (χ0) is 16.6. The molecule has 2 N–H and O–H groups in total. The van der Waals surface area contributed by atoms with Crippen molar-refractivity contribution in [2.45, 2.75) is 13.8 Å². The van der Waals surface area contributed by atoms with Crippen molar-refractivity contribution in [1.82, 2.24) is 9.97 Å². The van der Waals surface area contributed by atoms with Gasteiger partial charge in [-0.25, -0.2) is 9.78 Å². The predicted octanol–water partition coefficient (Wildman–Crippen LogP) is 3.89. The number of carbonyl (C=O) groups is 1. The van der Waals surface area contributed by atoms with Crippen molar-refractivity contribution < 1.29 is 15.0 Å². The number of carboxylic acids is 1. The highest BCUT2D eigenvalue weighted by molar-refractivity contribution is 7.15. The maximum absolute atomic E-state index is 11.0. The van der Waals surface area contributed by atoms with Crippen LogP contribution in [0.25, 0.3) is 21.7 Å². The molecule has 0 bridgehead atoms. The Labute approximate surface area is 136 Å². The van der Waals surface area contributed by atoms with Crippen molar-refractivity contribution in [2.24, 2.45) is 0 Å². The van der Waals surface area contributed by atoms with Gasteiger partial charge in [0.15, 0.2) is 0 Å². The second-order valence-electron chi connectivity index (χ2n) is 5.11. The molecule has 0 aliphatic heterocycles. The fourth-order valence-electron chi connectivity index (χ4n) is 2.40. The third kappa shape index (κ3) is 2.93. The minimum Gasteiger partial charge on any atom is -0.507 e. The first-order chi connectivity index (χ1) is 11.0. The number of thiazole rings is 1. The lowest BCUT2D eigenvalue weighted by Crippen LogP contribution is -1.96. The Morgan fingerprint density at radius 2 is 1.91 bits per heavy atom. The second-order valence-corrected chi connectivity index (χ2v) is 6.32.